The summed E-state index contributed by atoms with van der Waals surface area (Å²) in [6.45, 7) is 4.30. The van der Waals surface area contributed by atoms with E-state index in [1.54, 1.807) is 19.5 Å². The van der Waals surface area contributed by atoms with Gasteiger partial charge in [-0.2, -0.15) is 4.98 Å². The second-order valence-corrected chi connectivity index (χ2v) is 3.10. The summed E-state index contributed by atoms with van der Waals surface area (Å²) >= 11 is 0. The van der Waals surface area contributed by atoms with Crippen molar-refractivity contribution in [1.82, 2.24) is 9.97 Å². The zero-order chi connectivity index (χ0) is 10.4. The van der Waals surface area contributed by atoms with Crippen LogP contribution < -0.4 is 10.1 Å². The Morgan fingerprint density at radius 2 is 2.07 bits per heavy atom. The number of ether oxygens (including phenoxy) is 1. The predicted octanol–water partition coefficient (Wildman–Crippen LogP) is 2.09. The summed E-state index contributed by atoms with van der Waals surface area (Å²) in [7, 11) is 1.59. The van der Waals surface area contributed by atoms with Gasteiger partial charge < -0.3 is 10.1 Å². The smallest absolute Gasteiger partial charge is 0.233 e. The van der Waals surface area contributed by atoms with Gasteiger partial charge in [-0.05, 0) is 12.8 Å². The van der Waals surface area contributed by atoms with Crippen molar-refractivity contribution in [2.24, 2.45) is 0 Å². The molecule has 0 bridgehead atoms. The van der Waals surface area contributed by atoms with Crippen molar-refractivity contribution in [2.45, 2.75) is 32.7 Å². The Balaban J connectivity index is 2.65. The molecule has 4 nitrogen and oxygen atoms in total. The Hall–Kier alpha value is -1.32. The molecule has 1 heterocycles. The van der Waals surface area contributed by atoms with Crippen LogP contribution in [0.4, 0.5) is 5.82 Å². The van der Waals surface area contributed by atoms with Gasteiger partial charge in [-0.3, -0.25) is 4.98 Å². The molecule has 0 saturated heterocycles. The molecule has 1 aromatic rings. The molecule has 4 heteroatoms. The van der Waals surface area contributed by atoms with E-state index in [1.165, 1.54) is 0 Å². The first-order valence-electron chi connectivity index (χ1n) is 4.92. The first-order valence-corrected chi connectivity index (χ1v) is 4.92. The zero-order valence-electron chi connectivity index (χ0n) is 8.95. The van der Waals surface area contributed by atoms with Crippen molar-refractivity contribution in [3.05, 3.63) is 12.4 Å². The van der Waals surface area contributed by atoms with E-state index in [2.05, 4.69) is 29.1 Å². The van der Waals surface area contributed by atoms with Crippen LogP contribution in [0.15, 0.2) is 12.4 Å². The summed E-state index contributed by atoms with van der Waals surface area (Å²) in [5.41, 5.74) is 0. The van der Waals surface area contributed by atoms with E-state index in [-0.39, 0.29) is 0 Å². The molecule has 0 aliphatic carbocycles. The average Bonchev–Trinajstić information content (AvgIpc) is 2.26. The van der Waals surface area contributed by atoms with E-state index < -0.39 is 0 Å². The maximum atomic E-state index is 4.99. The van der Waals surface area contributed by atoms with Gasteiger partial charge in [-0.15, -0.1) is 0 Å². The number of hydrogen-bond acceptors (Lipinski definition) is 4. The number of nitrogens with zero attached hydrogens (tertiary/aromatic N) is 2. The fourth-order valence-electron chi connectivity index (χ4n) is 1.22. The standard InChI is InChI=1S/C10H17N3O/c1-4-8(5-2)12-9-6-11-7-10(13-9)14-3/h6-8H,4-5H2,1-3H3,(H,12,13). The highest BCUT2D eigenvalue weighted by Gasteiger charge is 2.04. The van der Waals surface area contributed by atoms with Crippen molar-refractivity contribution in [1.29, 1.82) is 0 Å². The SMILES string of the molecule is CCC(CC)Nc1cncc(OC)n1. The molecule has 0 aliphatic heterocycles. The number of methoxy groups -OCH3 is 1. The van der Waals surface area contributed by atoms with Crippen LogP contribution in [0.2, 0.25) is 0 Å². The van der Waals surface area contributed by atoms with Crippen LogP contribution in [0.5, 0.6) is 5.88 Å². The average molecular weight is 195 g/mol. The lowest BCUT2D eigenvalue weighted by molar-refractivity contribution is 0.396. The third kappa shape index (κ3) is 2.87. The molecule has 0 atom stereocenters. The number of nitrogens with one attached hydrogen (secondary N) is 1. The van der Waals surface area contributed by atoms with E-state index in [1.807, 2.05) is 0 Å². The van der Waals surface area contributed by atoms with Crippen LogP contribution in [0.1, 0.15) is 26.7 Å². The molecule has 0 unspecified atom stereocenters. The Labute approximate surface area is 84.7 Å². The van der Waals surface area contributed by atoms with Crippen molar-refractivity contribution in [3.8, 4) is 5.88 Å². The summed E-state index contributed by atoms with van der Waals surface area (Å²) in [6.07, 6.45) is 5.46. The second-order valence-electron chi connectivity index (χ2n) is 3.10. The first kappa shape index (κ1) is 10.8. The number of aromatic nitrogens is 2. The van der Waals surface area contributed by atoms with Gasteiger partial charge in [0.2, 0.25) is 5.88 Å². The Morgan fingerprint density at radius 1 is 1.36 bits per heavy atom. The van der Waals surface area contributed by atoms with E-state index in [0.717, 1.165) is 18.7 Å². The molecule has 1 N–H and O–H groups in total. The van der Waals surface area contributed by atoms with Crippen molar-refractivity contribution < 1.29 is 4.74 Å². The molecule has 1 rings (SSSR count). The fourth-order valence-corrected chi connectivity index (χ4v) is 1.22. The molecular formula is C10H17N3O. The maximum absolute atomic E-state index is 4.99. The highest BCUT2D eigenvalue weighted by Crippen LogP contribution is 2.11. The molecule has 0 amide bonds. The molecule has 1 aromatic heterocycles. The Morgan fingerprint density at radius 3 is 2.64 bits per heavy atom. The molecule has 0 aliphatic rings. The van der Waals surface area contributed by atoms with Crippen LogP contribution in [0, 0.1) is 0 Å². The summed E-state index contributed by atoms with van der Waals surface area (Å²) in [5, 5.41) is 3.30. The number of hydrogen-bond donors (Lipinski definition) is 1. The minimum Gasteiger partial charge on any atom is -0.480 e. The highest BCUT2D eigenvalue weighted by atomic mass is 16.5. The summed E-state index contributed by atoms with van der Waals surface area (Å²) in [4.78, 5) is 8.26. The fraction of sp³-hybridized carbons (Fsp3) is 0.600. The molecule has 0 radical (unpaired) electrons. The van der Waals surface area contributed by atoms with Crippen molar-refractivity contribution in [3.63, 3.8) is 0 Å². The molecule has 0 aromatic carbocycles. The highest BCUT2D eigenvalue weighted by molar-refractivity contribution is 5.34. The summed E-state index contributed by atoms with van der Waals surface area (Å²) in [6, 6.07) is 0.455. The topological polar surface area (TPSA) is 47.0 Å². The molecule has 14 heavy (non-hydrogen) atoms. The maximum Gasteiger partial charge on any atom is 0.233 e. The van der Waals surface area contributed by atoms with Gasteiger partial charge in [0.1, 0.15) is 5.82 Å². The minimum absolute atomic E-state index is 0.455. The molecule has 0 fully saturated rings. The van der Waals surface area contributed by atoms with Gasteiger partial charge in [-0.1, -0.05) is 13.8 Å². The van der Waals surface area contributed by atoms with Gasteiger partial charge in [0.25, 0.3) is 0 Å². The third-order valence-electron chi connectivity index (χ3n) is 2.16. The van der Waals surface area contributed by atoms with Crippen LogP contribution >= 0.6 is 0 Å². The summed E-state index contributed by atoms with van der Waals surface area (Å²) < 4.78 is 4.99. The van der Waals surface area contributed by atoms with Crippen LogP contribution in [0.3, 0.4) is 0 Å². The lowest BCUT2D eigenvalue weighted by Crippen LogP contribution is -2.18. The monoisotopic (exact) mass is 195 g/mol. The predicted molar refractivity (Wildman–Crippen MR) is 56.6 cm³/mol. The molecule has 0 saturated carbocycles. The largest absolute Gasteiger partial charge is 0.480 e. The van der Waals surface area contributed by atoms with Crippen LogP contribution in [0.25, 0.3) is 0 Å². The number of rotatable bonds is 5. The quantitative estimate of drug-likeness (QED) is 0.781. The number of anilines is 1. The van der Waals surface area contributed by atoms with Gasteiger partial charge in [0, 0.05) is 6.04 Å². The Bertz CT molecular complexity index is 274. The first-order chi connectivity index (χ1) is 6.80. The molecular weight excluding hydrogens is 178 g/mol. The second kappa shape index (κ2) is 5.42. The lowest BCUT2D eigenvalue weighted by Gasteiger charge is -2.14. The van der Waals surface area contributed by atoms with Gasteiger partial charge in [0.05, 0.1) is 19.5 Å². The van der Waals surface area contributed by atoms with Gasteiger partial charge >= 0.3 is 0 Å². The third-order valence-corrected chi connectivity index (χ3v) is 2.16. The van der Waals surface area contributed by atoms with E-state index >= 15 is 0 Å². The Kier molecular flexibility index (Phi) is 4.16. The molecule has 0 spiro atoms. The van der Waals surface area contributed by atoms with Crippen molar-refractivity contribution in [2.75, 3.05) is 12.4 Å². The molecule has 78 valence electrons. The zero-order valence-corrected chi connectivity index (χ0v) is 8.95. The van der Waals surface area contributed by atoms with Crippen molar-refractivity contribution >= 4 is 5.82 Å². The minimum atomic E-state index is 0.455. The van der Waals surface area contributed by atoms with Crippen LogP contribution in [-0.4, -0.2) is 23.1 Å². The normalized spacial score (nSPS) is 10.3. The van der Waals surface area contributed by atoms with Gasteiger partial charge in [0.15, 0.2) is 0 Å². The summed E-state index contributed by atoms with van der Waals surface area (Å²) in [5.74, 6) is 1.32. The van der Waals surface area contributed by atoms with Gasteiger partial charge in [-0.25, -0.2) is 0 Å². The van der Waals surface area contributed by atoms with E-state index in [9.17, 15) is 0 Å². The van der Waals surface area contributed by atoms with E-state index in [0.29, 0.717) is 11.9 Å². The van der Waals surface area contributed by atoms with E-state index in [4.69, 9.17) is 4.74 Å². The van der Waals surface area contributed by atoms with Crippen LogP contribution in [-0.2, 0) is 0 Å². The lowest BCUT2D eigenvalue weighted by atomic mass is 10.2.